The van der Waals surface area contributed by atoms with Crippen molar-refractivity contribution < 1.29 is 4.79 Å². The van der Waals surface area contributed by atoms with Crippen molar-refractivity contribution in [2.45, 2.75) is 51.4 Å². The molecule has 2 fully saturated rings. The Kier molecular flexibility index (Phi) is 2.20. The maximum Gasteiger partial charge on any atom is 0.126 e. The molecule has 0 unspecified atom stereocenters. The highest BCUT2D eigenvalue weighted by molar-refractivity contribution is 5.60. The van der Waals surface area contributed by atoms with Crippen LogP contribution in [0.25, 0.3) is 0 Å². The molecule has 0 aromatic carbocycles. The van der Waals surface area contributed by atoms with E-state index >= 15 is 0 Å². The first-order valence-electron chi connectivity index (χ1n) is 5.34. The van der Waals surface area contributed by atoms with Crippen LogP contribution in [-0.4, -0.2) is 6.29 Å². The van der Waals surface area contributed by atoms with Crippen molar-refractivity contribution in [1.29, 1.82) is 0 Å². The van der Waals surface area contributed by atoms with Gasteiger partial charge >= 0.3 is 0 Å². The lowest BCUT2D eigenvalue weighted by molar-refractivity contribution is -0.118. The summed E-state index contributed by atoms with van der Waals surface area (Å²) in [4.78, 5) is 11.1. The first-order chi connectivity index (χ1) is 5.87. The lowest BCUT2D eigenvalue weighted by Crippen LogP contribution is -2.27. The summed E-state index contributed by atoms with van der Waals surface area (Å²) in [6.07, 6.45) is 11.6. The smallest absolute Gasteiger partial charge is 0.126 e. The molecular weight excluding hydrogens is 148 g/mol. The predicted octanol–water partition coefficient (Wildman–Crippen LogP) is 2.94. The van der Waals surface area contributed by atoms with E-state index in [4.69, 9.17) is 0 Å². The number of hydrogen-bond acceptors (Lipinski definition) is 1. The number of carbonyl (C=O) groups is 1. The summed E-state index contributed by atoms with van der Waals surface area (Å²) in [5.74, 6) is 0.748. The third-order valence-electron chi connectivity index (χ3n) is 3.94. The van der Waals surface area contributed by atoms with Gasteiger partial charge in [-0.25, -0.2) is 0 Å². The van der Waals surface area contributed by atoms with E-state index in [-0.39, 0.29) is 5.41 Å². The van der Waals surface area contributed by atoms with E-state index in [9.17, 15) is 4.79 Å². The Morgan fingerprint density at radius 3 is 2.08 bits per heavy atom. The molecule has 0 saturated heterocycles. The summed E-state index contributed by atoms with van der Waals surface area (Å²) in [6, 6.07) is 0. The molecule has 0 aliphatic heterocycles. The lowest BCUT2D eigenvalue weighted by atomic mass is 9.74. The van der Waals surface area contributed by atoms with Gasteiger partial charge in [0.05, 0.1) is 0 Å². The van der Waals surface area contributed by atoms with Gasteiger partial charge in [-0.3, -0.25) is 0 Å². The number of aldehydes is 1. The predicted molar refractivity (Wildman–Crippen MR) is 48.9 cm³/mol. The van der Waals surface area contributed by atoms with Gasteiger partial charge < -0.3 is 4.79 Å². The minimum Gasteiger partial charge on any atom is -0.303 e. The molecule has 12 heavy (non-hydrogen) atoms. The van der Waals surface area contributed by atoms with Crippen molar-refractivity contribution >= 4 is 6.29 Å². The maximum atomic E-state index is 11.1. The first kappa shape index (κ1) is 8.28. The van der Waals surface area contributed by atoms with Crippen LogP contribution in [-0.2, 0) is 4.79 Å². The monoisotopic (exact) mass is 166 g/mol. The molecule has 0 spiro atoms. The Hall–Kier alpha value is -0.330. The second-order valence-electron chi connectivity index (χ2n) is 4.54. The van der Waals surface area contributed by atoms with Crippen LogP contribution in [0.2, 0.25) is 0 Å². The molecule has 2 aliphatic rings. The topological polar surface area (TPSA) is 17.1 Å². The van der Waals surface area contributed by atoms with Crippen LogP contribution in [0.15, 0.2) is 0 Å². The molecule has 1 heteroatoms. The van der Waals surface area contributed by atoms with Crippen molar-refractivity contribution in [3.8, 4) is 0 Å². The van der Waals surface area contributed by atoms with Crippen molar-refractivity contribution in [3.05, 3.63) is 0 Å². The minimum atomic E-state index is 0.135. The van der Waals surface area contributed by atoms with E-state index in [2.05, 4.69) is 0 Å². The van der Waals surface area contributed by atoms with Gasteiger partial charge in [0, 0.05) is 5.41 Å². The fourth-order valence-electron chi connectivity index (χ4n) is 3.16. The van der Waals surface area contributed by atoms with E-state index in [0.29, 0.717) is 0 Å². The number of rotatable bonds is 2. The molecule has 0 N–H and O–H groups in total. The van der Waals surface area contributed by atoms with Crippen molar-refractivity contribution in [2.24, 2.45) is 11.3 Å². The zero-order valence-electron chi connectivity index (χ0n) is 7.72. The van der Waals surface area contributed by atoms with Crippen LogP contribution in [0.4, 0.5) is 0 Å². The summed E-state index contributed by atoms with van der Waals surface area (Å²) in [6.45, 7) is 0. The van der Waals surface area contributed by atoms with Gasteiger partial charge in [-0.1, -0.05) is 25.7 Å². The third-order valence-corrected chi connectivity index (χ3v) is 3.94. The molecule has 0 aromatic rings. The molecule has 0 amide bonds. The first-order valence-corrected chi connectivity index (χ1v) is 5.34. The zero-order valence-corrected chi connectivity index (χ0v) is 7.72. The average molecular weight is 166 g/mol. The normalized spacial score (nSPS) is 29.3. The highest BCUT2D eigenvalue weighted by Crippen LogP contribution is 2.48. The molecule has 0 radical (unpaired) electrons. The van der Waals surface area contributed by atoms with Gasteiger partial charge in [-0.2, -0.15) is 0 Å². The Labute approximate surface area is 74.5 Å². The van der Waals surface area contributed by atoms with Crippen LogP contribution in [0.1, 0.15) is 51.4 Å². The van der Waals surface area contributed by atoms with Gasteiger partial charge in [0.2, 0.25) is 0 Å². The number of carbonyl (C=O) groups excluding carboxylic acids is 1. The number of hydrogen-bond donors (Lipinski definition) is 0. The zero-order chi connectivity index (χ0) is 8.44. The average Bonchev–Trinajstić information content (AvgIpc) is 2.76. The van der Waals surface area contributed by atoms with Crippen molar-refractivity contribution in [3.63, 3.8) is 0 Å². The highest BCUT2D eigenvalue weighted by atomic mass is 16.1. The SMILES string of the molecule is O=CC1(C2CCCC2)CCCC1. The molecule has 0 bridgehead atoms. The molecule has 0 atom stereocenters. The van der Waals surface area contributed by atoms with E-state index in [1.54, 1.807) is 0 Å². The largest absolute Gasteiger partial charge is 0.303 e. The second-order valence-corrected chi connectivity index (χ2v) is 4.54. The van der Waals surface area contributed by atoms with Gasteiger partial charge in [0.25, 0.3) is 0 Å². The van der Waals surface area contributed by atoms with Crippen molar-refractivity contribution in [1.82, 2.24) is 0 Å². The summed E-state index contributed by atoms with van der Waals surface area (Å²) >= 11 is 0. The summed E-state index contributed by atoms with van der Waals surface area (Å²) in [5.41, 5.74) is 0.135. The van der Waals surface area contributed by atoms with E-state index in [1.165, 1.54) is 57.7 Å². The molecule has 2 saturated carbocycles. The maximum absolute atomic E-state index is 11.1. The van der Waals surface area contributed by atoms with Gasteiger partial charge in [0.1, 0.15) is 6.29 Å². The van der Waals surface area contributed by atoms with E-state index in [1.807, 2.05) is 0 Å². The highest BCUT2D eigenvalue weighted by Gasteiger charge is 2.41. The third kappa shape index (κ3) is 1.19. The molecule has 0 heterocycles. The fraction of sp³-hybridized carbons (Fsp3) is 0.909. The summed E-state index contributed by atoms with van der Waals surface area (Å²) in [7, 11) is 0. The van der Waals surface area contributed by atoms with Crippen LogP contribution in [0.5, 0.6) is 0 Å². The van der Waals surface area contributed by atoms with Crippen LogP contribution in [0.3, 0.4) is 0 Å². The molecule has 0 aromatic heterocycles. The standard InChI is InChI=1S/C11H18O/c12-9-11(7-3-4-8-11)10-5-1-2-6-10/h9-10H,1-8H2. The minimum absolute atomic E-state index is 0.135. The molecule has 2 rings (SSSR count). The van der Waals surface area contributed by atoms with Crippen LogP contribution < -0.4 is 0 Å². The summed E-state index contributed by atoms with van der Waals surface area (Å²) in [5, 5.41) is 0. The van der Waals surface area contributed by atoms with E-state index < -0.39 is 0 Å². The van der Waals surface area contributed by atoms with Gasteiger partial charge in [0.15, 0.2) is 0 Å². The van der Waals surface area contributed by atoms with Gasteiger partial charge in [-0.05, 0) is 31.6 Å². The molecular formula is C11H18O. The van der Waals surface area contributed by atoms with Crippen LogP contribution >= 0.6 is 0 Å². The Bertz CT molecular complexity index is 162. The van der Waals surface area contributed by atoms with E-state index in [0.717, 1.165) is 5.92 Å². The molecule has 1 nitrogen and oxygen atoms in total. The van der Waals surface area contributed by atoms with Crippen molar-refractivity contribution in [2.75, 3.05) is 0 Å². The van der Waals surface area contributed by atoms with Crippen LogP contribution in [0, 0.1) is 11.3 Å². The van der Waals surface area contributed by atoms with Gasteiger partial charge in [-0.15, -0.1) is 0 Å². The lowest BCUT2D eigenvalue weighted by Gasteiger charge is -2.29. The summed E-state index contributed by atoms with van der Waals surface area (Å²) < 4.78 is 0. The molecule has 2 aliphatic carbocycles. The Morgan fingerprint density at radius 1 is 1.00 bits per heavy atom. The second kappa shape index (κ2) is 3.20. The Balaban J connectivity index is 2.09. The molecule has 68 valence electrons. The fourth-order valence-corrected chi connectivity index (χ4v) is 3.16. The Morgan fingerprint density at radius 2 is 1.58 bits per heavy atom. The quantitative estimate of drug-likeness (QED) is 0.576.